The van der Waals surface area contributed by atoms with E-state index in [0.717, 1.165) is 11.0 Å². The highest BCUT2D eigenvalue weighted by atomic mass is 19.2. The zero-order chi connectivity index (χ0) is 14.2. The zero-order valence-electron chi connectivity index (χ0n) is 10.0. The number of halogens is 3. The average molecular weight is 272 g/mol. The van der Waals surface area contributed by atoms with E-state index < -0.39 is 47.5 Å². The van der Waals surface area contributed by atoms with Crippen LogP contribution in [0.15, 0.2) is 12.1 Å². The molecule has 1 N–H and O–H groups in total. The third kappa shape index (κ3) is 2.27. The first kappa shape index (κ1) is 13.4. The van der Waals surface area contributed by atoms with Gasteiger partial charge in [0.25, 0.3) is 0 Å². The van der Waals surface area contributed by atoms with Gasteiger partial charge in [0.1, 0.15) is 12.6 Å². The van der Waals surface area contributed by atoms with Gasteiger partial charge in [-0.3, -0.25) is 14.5 Å². The van der Waals surface area contributed by atoms with Crippen molar-refractivity contribution in [3.8, 4) is 0 Å². The van der Waals surface area contributed by atoms with Crippen LogP contribution < -0.4 is 10.2 Å². The SMILES string of the molecule is CCC1NC(=O)CN(c2ccc(F)c(F)c2F)C1=O. The van der Waals surface area contributed by atoms with Crippen LogP contribution in [0.5, 0.6) is 0 Å². The highest BCUT2D eigenvalue weighted by Gasteiger charge is 2.34. The summed E-state index contributed by atoms with van der Waals surface area (Å²) in [6.45, 7) is 1.26. The minimum atomic E-state index is -1.66. The molecule has 0 saturated carbocycles. The second kappa shape index (κ2) is 4.91. The Labute approximate surface area is 107 Å². The van der Waals surface area contributed by atoms with Crippen molar-refractivity contribution in [3.05, 3.63) is 29.6 Å². The molecule has 102 valence electrons. The number of benzene rings is 1. The quantitative estimate of drug-likeness (QED) is 0.826. The highest BCUT2D eigenvalue weighted by molar-refractivity contribution is 6.06. The smallest absolute Gasteiger partial charge is 0.250 e. The molecule has 1 atom stereocenters. The van der Waals surface area contributed by atoms with Gasteiger partial charge in [-0.15, -0.1) is 0 Å². The molecular formula is C12H11F3N2O2. The van der Waals surface area contributed by atoms with Crippen molar-refractivity contribution in [2.75, 3.05) is 11.4 Å². The first-order valence-electron chi connectivity index (χ1n) is 5.70. The van der Waals surface area contributed by atoms with Gasteiger partial charge < -0.3 is 5.32 Å². The van der Waals surface area contributed by atoms with E-state index in [4.69, 9.17) is 0 Å². The lowest BCUT2D eigenvalue weighted by atomic mass is 10.1. The number of rotatable bonds is 2. The number of nitrogens with one attached hydrogen (secondary N) is 1. The zero-order valence-corrected chi connectivity index (χ0v) is 10.0. The third-order valence-electron chi connectivity index (χ3n) is 2.91. The number of hydrogen-bond donors (Lipinski definition) is 1. The van der Waals surface area contributed by atoms with Crippen molar-refractivity contribution in [1.29, 1.82) is 0 Å². The van der Waals surface area contributed by atoms with Crippen LogP contribution in [0.4, 0.5) is 18.9 Å². The summed E-state index contributed by atoms with van der Waals surface area (Å²) in [5.74, 6) is -5.51. The van der Waals surface area contributed by atoms with Gasteiger partial charge in [0.15, 0.2) is 17.5 Å². The summed E-state index contributed by atoms with van der Waals surface area (Å²) in [6.07, 6.45) is 0.326. The van der Waals surface area contributed by atoms with Crippen molar-refractivity contribution in [1.82, 2.24) is 5.32 Å². The number of anilines is 1. The molecule has 19 heavy (non-hydrogen) atoms. The first-order valence-corrected chi connectivity index (χ1v) is 5.70. The molecule has 1 aliphatic heterocycles. The number of hydrogen-bond acceptors (Lipinski definition) is 2. The first-order chi connectivity index (χ1) is 8.95. The lowest BCUT2D eigenvalue weighted by Crippen LogP contribution is -2.58. The molecule has 0 aromatic heterocycles. The maximum Gasteiger partial charge on any atom is 0.250 e. The maximum absolute atomic E-state index is 13.6. The Morgan fingerprint density at radius 3 is 2.58 bits per heavy atom. The highest BCUT2D eigenvalue weighted by Crippen LogP contribution is 2.25. The second-order valence-corrected chi connectivity index (χ2v) is 4.15. The molecule has 0 bridgehead atoms. The molecule has 1 heterocycles. The normalized spacial score (nSPS) is 19.6. The fraction of sp³-hybridized carbons (Fsp3) is 0.333. The van der Waals surface area contributed by atoms with E-state index in [9.17, 15) is 22.8 Å². The Hall–Kier alpha value is -2.05. The van der Waals surface area contributed by atoms with E-state index >= 15 is 0 Å². The van der Waals surface area contributed by atoms with E-state index in [1.54, 1.807) is 6.92 Å². The summed E-state index contributed by atoms with van der Waals surface area (Å²) >= 11 is 0. The molecule has 4 nitrogen and oxygen atoms in total. The summed E-state index contributed by atoms with van der Waals surface area (Å²) < 4.78 is 39.6. The second-order valence-electron chi connectivity index (χ2n) is 4.15. The van der Waals surface area contributed by atoms with Crippen LogP contribution in [0.2, 0.25) is 0 Å². The van der Waals surface area contributed by atoms with Crippen LogP contribution >= 0.6 is 0 Å². The lowest BCUT2D eigenvalue weighted by Gasteiger charge is -2.32. The van der Waals surface area contributed by atoms with Crippen molar-refractivity contribution < 1.29 is 22.8 Å². The Balaban J connectivity index is 2.43. The maximum atomic E-state index is 13.6. The van der Waals surface area contributed by atoms with Crippen molar-refractivity contribution >= 4 is 17.5 Å². The van der Waals surface area contributed by atoms with Gasteiger partial charge in [-0.1, -0.05) is 6.92 Å². The van der Waals surface area contributed by atoms with Crippen molar-refractivity contribution in [3.63, 3.8) is 0 Å². The third-order valence-corrected chi connectivity index (χ3v) is 2.91. The van der Waals surface area contributed by atoms with Crippen LogP contribution in [-0.4, -0.2) is 24.4 Å². The van der Waals surface area contributed by atoms with Gasteiger partial charge >= 0.3 is 0 Å². The Morgan fingerprint density at radius 1 is 1.26 bits per heavy atom. The van der Waals surface area contributed by atoms with Gasteiger partial charge in [0, 0.05) is 0 Å². The Bertz CT molecular complexity index is 548. The molecule has 2 rings (SSSR count). The summed E-state index contributed by atoms with van der Waals surface area (Å²) in [5.41, 5.74) is -0.433. The van der Waals surface area contributed by atoms with Crippen LogP contribution in [0, 0.1) is 17.5 Å². The molecule has 0 aliphatic carbocycles. The predicted octanol–water partition coefficient (Wildman–Crippen LogP) is 1.35. The molecule has 1 aromatic rings. The molecule has 1 aromatic carbocycles. The van der Waals surface area contributed by atoms with E-state index in [0.29, 0.717) is 12.5 Å². The molecule has 1 unspecified atom stereocenters. The van der Waals surface area contributed by atoms with E-state index in [2.05, 4.69) is 5.32 Å². The Morgan fingerprint density at radius 2 is 1.95 bits per heavy atom. The van der Waals surface area contributed by atoms with Gasteiger partial charge in [0.2, 0.25) is 11.8 Å². The lowest BCUT2D eigenvalue weighted by molar-refractivity contribution is -0.131. The number of carbonyl (C=O) groups is 2. The fourth-order valence-electron chi connectivity index (χ4n) is 1.92. The van der Waals surface area contributed by atoms with Gasteiger partial charge in [0.05, 0.1) is 5.69 Å². The average Bonchev–Trinajstić information content (AvgIpc) is 2.39. The van der Waals surface area contributed by atoms with E-state index in [-0.39, 0.29) is 0 Å². The number of piperazine rings is 1. The number of nitrogens with zero attached hydrogens (tertiary/aromatic N) is 1. The molecule has 1 fully saturated rings. The monoisotopic (exact) mass is 272 g/mol. The van der Waals surface area contributed by atoms with Crippen LogP contribution in [0.1, 0.15) is 13.3 Å². The van der Waals surface area contributed by atoms with Gasteiger partial charge in [-0.05, 0) is 18.6 Å². The molecule has 1 saturated heterocycles. The van der Waals surface area contributed by atoms with Gasteiger partial charge in [-0.2, -0.15) is 0 Å². The number of amides is 2. The standard InChI is InChI=1S/C12H11F3N2O2/c1-2-7-12(19)17(5-9(18)16-7)8-4-3-6(13)10(14)11(8)15/h3-4,7H,2,5H2,1H3,(H,16,18). The molecule has 0 spiro atoms. The topological polar surface area (TPSA) is 49.4 Å². The van der Waals surface area contributed by atoms with Gasteiger partial charge in [-0.25, -0.2) is 13.2 Å². The van der Waals surface area contributed by atoms with E-state index in [1.807, 2.05) is 0 Å². The van der Waals surface area contributed by atoms with Crippen LogP contribution in [0.3, 0.4) is 0 Å². The molecule has 0 radical (unpaired) electrons. The summed E-state index contributed by atoms with van der Waals surface area (Å²) in [4.78, 5) is 24.2. The van der Waals surface area contributed by atoms with Crippen molar-refractivity contribution in [2.45, 2.75) is 19.4 Å². The van der Waals surface area contributed by atoms with Crippen LogP contribution in [0.25, 0.3) is 0 Å². The molecular weight excluding hydrogens is 261 g/mol. The van der Waals surface area contributed by atoms with Crippen molar-refractivity contribution in [2.24, 2.45) is 0 Å². The largest absolute Gasteiger partial charge is 0.343 e. The molecule has 1 aliphatic rings. The molecule has 2 amide bonds. The summed E-state index contributed by atoms with van der Waals surface area (Å²) in [5, 5.41) is 2.44. The van der Waals surface area contributed by atoms with E-state index in [1.165, 1.54) is 0 Å². The number of carbonyl (C=O) groups excluding carboxylic acids is 2. The predicted molar refractivity (Wildman–Crippen MR) is 60.9 cm³/mol. The minimum Gasteiger partial charge on any atom is -0.343 e. The minimum absolute atomic E-state index is 0.326. The summed E-state index contributed by atoms with van der Waals surface area (Å²) in [6, 6.07) is 0.875. The van der Waals surface area contributed by atoms with Crippen LogP contribution in [-0.2, 0) is 9.59 Å². The summed E-state index contributed by atoms with van der Waals surface area (Å²) in [7, 11) is 0. The Kier molecular flexibility index (Phi) is 3.46. The fourth-order valence-corrected chi connectivity index (χ4v) is 1.92. The molecule has 7 heteroatoms.